The van der Waals surface area contributed by atoms with Gasteiger partial charge in [-0.1, -0.05) is 74.5 Å². The van der Waals surface area contributed by atoms with E-state index in [0.717, 1.165) is 32.2 Å². The van der Waals surface area contributed by atoms with Crippen LogP contribution in [-0.2, 0) is 17.6 Å². The Balaban J connectivity index is 1.63. The third-order valence-electron chi connectivity index (χ3n) is 8.19. The third-order valence-corrected chi connectivity index (χ3v) is 8.19. The van der Waals surface area contributed by atoms with Crippen LogP contribution in [0.15, 0.2) is 65.7 Å². The Morgan fingerprint density at radius 1 is 1.06 bits per heavy atom. The van der Waals surface area contributed by atoms with Gasteiger partial charge in [-0.05, 0) is 55.2 Å². The van der Waals surface area contributed by atoms with Gasteiger partial charge < -0.3 is 5.73 Å². The molecule has 4 bridgehead atoms. The first kappa shape index (κ1) is 21.4. The molecule has 2 aromatic carbocycles. The molecule has 2 fully saturated rings. The summed E-state index contributed by atoms with van der Waals surface area (Å²) in [6.45, 7) is 5.58. The molecule has 0 aromatic heterocycles. The Morgan fingerprint density at radius 2 is 1.66 bits per heavy atom. The first-order chi connectivity index (χ1) is 15.5. The minimum absolute atomic E-state index is 0.0301. The van der Waals surface area contributed by atoms with E-state index in [-0.39, 0.29) is 29.4 Å². The molecule has 5 unspecified atom stereocenters. The van der Waals surface area contributed by atoms with E-state index in [2.05, 4.69) is 85.6 Å². The molecule has 0 radical (unpaired) electrons. The molecule has 3 aliphatic heterocycles. The maximum atomic E-state index is 12.7. The van der Waals surface area contributed by atoms with Gasteiger partial charge in [-0.25, -0.2) is 0 Å². The van der Waals surface area contributed by atoms with Gasteiger partial charge in [0.2, 0.25) is 5.91 Å². The quantitative estimate of drug-likeness (QED) is 0.686. The molecule has 3 heterocycles. The molecule has 168 valence electrons. The van der Waals surface area contributed by atoms with Crippen molar-refractivity contribution >= 4 is 12.1 Å². The van der Waals surface area contributed by atoms with E-state index < -0.39 is 0 Å². The fraction of sp³-hybridized carbons (Fsp3) is 0.500. The van der Waals surface area contributed by atoms with Gasteiger partial charge >= 0.3 is 0 Å². The normalized spacial score (nSPS) is 30.2. The van der Waals surface area contributed by atoms with Crippen LogP contribution in [-0.4, -0.2) is 41.2 Å². The van der Waals surface area contributed by atoms with E-state index in [9.17, 15) is 4.79 Å². The van der Waals surface area contributed by atoms with E-state index in [1.807, 2.05) is 0 Å². The fourth-order valence-corrected chi connectivity index (χ4v) is 6.87. The summed E-state index contributed by atoms with van der Waals surface area (Å²) in [5.74, 6) is 1.04. The molecule has 2 aromatic rings. The third kappa shape index (κ3) is 3.59. The van der Waals surface area contributed by atoms with Crippen molar-refractivity contribution in [2.24, 2.45) is 34.4 Å². The lowest BCUT2D eigenvalue weighted by Crippen LogP contribution is -2.56. The van der Waals surface area contributed by atoms with Gasteiger partial charge in [0.25, 0.3) is 0 Å². The first-order valence-electron chi connectivity index (χ1n) is 12.2. The largest absolute Gasteiger partial charge is 0.369 e. The summed E-state index contributed by atoms with van der Waals surface area (Å²) in [6.07, 6.45) is 6.25. The SMILES string of the molecule is CC(C)CCN1C2C3C=NC(CC3C1(Cc1ccccc1)Cc1ccccc1)C2C(N)=O. The number of nitrogens with two attached hydrogens (primary N) is 1. The average Bonchev–Trinajstić information content (AvgIpc) is 2.98. The number of carbonyl (C=O) groups excluding carboxylic acids is 1. The molecule has 32 heavy (non-hydrogen) atoms. The highest BCUT2D eigenvalue weighted by Gasteiger charge is 2.66. The van der Waals surface area contributed by atoms with Gasteiger partial charge in [-0.2, -0.15) is 0 Å². The predicted molar refractivity (Wildman–Crippen MR) is 130 cm³/mol. The topological polar surface area (TPSA) is 58.7 Å². The second kappa shape index (κ2) is 8.47. The molecule has 1 aliphatic carbocycles. The summed E-state index contributed by atoms with van der Waals surface area (Å²) in [5, 5.41) is 0. The van der Waals surface area contributed by atoms with Gasteiger partial charge in [0, 0.05) is 23.7 Å². The van der Waals surface area contributed by atoms with Gasteiger partial charge in [0.1, 0.15) is 0 Å². The Labute approximate surface area is 191 Å². The lowest BCUT2D eigenvalue weighted by molar-refractivity contribution is -0.125. The summed E-state index contributed by atoms with van der Waals surface area (Å²) in [6, 6.07) is 22.0. The van der Waals surface area contributed by atoms with Crippen molar-refractivity contribution in [2.75, 3.05) is 6.54 Å². The van der Waals surface area contributed by atoms with Crippen LogP contribution >= 0.6 is 0 Å². The molecular weight excluding hydrogens is 394 g/mol. The van der Waals surface area contributed by atoms with Crippen LogP contribution in [0, 0.1) is 23.7 Å². The highest BCUT2D eigenvalue weighted by molar-refractivity contribution is 5.82. The minimum Gasteiger partial charge on any atom is -0.369 e. The Bertz CT molecular complexity index is 929. The van der Waals surface area contributed by atoms with E-state index in [1.54, 1.807) is 0 Å². The van der Waals surface area contributed by atoms with Crippen LogP contribution in [0.2, 0.25) is 0 Å². The maximum absolute atomic E-state index is 12.7. The number of primary amides is 1. The number of rotatable bonds is 8. The van der Waals surface area contributed by atoms with Crippen LogP contribution in [0.4, 0.5) is 0 Å². The van der Waals surface area contributed by atoms with E-state index in [0.29, 0.717) is 17.8 Å². The number of hydrogen-bond acceptors (Lipinski definition) is 3. The van der Waals surface area contributed by atoms with Crippen molar-refractivity contribution in [3.05, 3.63) is 71.8 Å². The Kier molecular flexibility index (Phi) is 5.66. The van der Waals surface area contributed by atoms with Crippen LogP contribution in [0.5, 0.6) is 0 Å². The number of benzene rings is 2. The molecular formula is C28H35N3O. The van der Waals surface area contributed by atoms with E-state index in [1.165, 1.54) is 11.1 Å². The summed E-state index contributed by atoms with van der Waals surface area (Å²) in [5.41, 5.74) is 8.71. The van der Waals surface area contributed by atoms with Gasteiger partial charge in [0.15, 0.2) is 0 Å². The molecule has 2 N–H and O–H groups in total. The van der Waals surface area contributed by atoms with Crippen molar-refractivity contribution in [1.29, 1.82) is 0 Å². The molecule has 5 atom stereocenters. The number of amides is 1. The van der Waals surface area contributed by atoms with Crippen LogP contribution in [0.1, 0.15) is 37.8 Å². The smallest absolute Gasteiger partial charge is 0.224 e. The van der Waals surface area contributed by atoms with Crippen LogP contribution in [0.25, 0.3) is 0 Å². The van der Waals surface area contributed by atoms with E-state index in [4.69, 9.17) is 10.7 Å². The number of carbonyl (C=O) groups is 1. The highest BCUT2D eigenvalue weighted by Crippen LogP contribution is 2.57. The second-order valence-electron chi connectivity index (χ2n) is 10.5. The average molecular weight is 430 g/mol. The van der Waals surface area contributed by atoms with Crippen molar-refractivity contribution in [3.63, 3.8) is 0 Å². The number of hydrogen-bond donors (Lipinski definition) is 1. The molecule has 6 rings (SSSR count). The molecule has 1 saturated heterocycles. The van der Waals surface area contributed by atoms with Crippen molar-refractivity contribution < 1.29 is 4.79 Å². The Hall–Kier alpha value is -2.46. The monoisotopic (exact) mass is 429 g/mol. The van der Waals surface area contributed by atoms with E-state index >= 15 is 0 Å². The summed E-state index contributed by atoms with van der Waals surface area (Å²) in [7, 11) is 0. The summed E-state index contributed by atoms with van der Waals surface area (Å²) >= 11 is 0. The summed E-state index contributed by atoms with van der Waals surface area (Å²) in [4.78, 5) is 20.2. The predicted octanol–water partition coefficient (Wildman–Crippen LogP) is 4.13. The Morgan fingerprint density at radius 3 is 2.19 bits per heavy atom. The highest BCUT2D eigenvalue weighted by atomic mass is 16.1. The van der Waals surface area contributed by atoms with Gasteiger partial charge in [0.05, 0.1) is 12.0 Å². The second-order valence-corrected chi connectivity index (χ2v) is 10.5. The molecule has 1 amide bonds. The fourth-order valence-electron chi connectivity index (χ4n) is 6.87. The maximum Gasteiger partial charge on any atom is 0.224 e. The summed E-state index contributed by atoms with van der Waals surface area (Å²) < 4.78 is 0. The molecule has 4 heteroatoms. The zero-order valence-corrected chi connectivity index (χ0v) is 19.2. The first-order valence-corrected chi connectivity index (χ1v) is 12.2. The molecule has 4 nitrogen and oxygen atoms in total. The van der Waals surface area contributed by atoms with Crippen molar-refractivity contribution in [2.45, 2.75) is 57.2 Å². The molecule has 4 aliphatic rings. The van der Waals surface area contributed by atoms with Crippen LogP contribution < -0.4 is 5.73 Å². The van der Waals surface area contributed by atoms with Gasteiger partial charge in [-0.3, -0.25) is 14.7 Å². The van der Waals surface area contributed by atoms with Crippen molar-refractivity contribution in [3.8, 4) is 0 Å². The zero-order valence-electron chi connectivity index (χ0n) is 19.2. The van der Waals surface area contributed by atoms with Crippen LogP contribution in [0.3, 0.4) is 0 Å². The molecule has 1 saturated carbocycles. The number of nitrogens with zero attached hydrogens (tertiary/aromatic N) is 2. The standard InChI is InChI=1S/C28H35N3O/c1-19(2)13-14-31-26-22-18-30-24(25(26)27(29)32)15-23(22)28(31,16-20-9-5-3-6-10-20)17-21-11-7-4-8-12-21/h3-12,18-19,22-26H,13-17H2,1-2H3,(H2,29,32). The van der Waals surface area contributed by atoms with Crippen molar-refractivity contribution in [1.82, 2.24) is 4.90 Å². The number of aliphatic imine (C=N–C) groups is 1. The lowest BCUT2D eigenvalue weighted by Gasteiger charge is -2.44. The minimum atomic E-state index is -0.179. The molecule has 0 spiro atoms. The van der Waals surface area contributed by atoms with Gasteiger partial charge in [-0.15, -0.1) is 0 Å². The zero-order chi connectivity index (χ0) is 22.3. The number of likely N-dealkylation sites (tertiary alicyclic amines) is 1. The lowest BCUT2D eigenvalue weighted by atomic mass is 9.63.